The van der Waals surface area contributed by atoms with Crippen LogP contribution in [0.5, 0.6) is 0 Å². The van der Waals surface area contributed by atoms with E-state index >= 15 is 0 Å². The van der Waals surface area contributed by atoms with Crippen LogP contribution in [0, 0.1) is 5.92 Å². The number of likely N-dealkylation sites (N-methyl/N-ethyl adjacent to an activating group) is 1. The summed E-state index contributed by atoms with van der Waals surface area (Å²) < 4.78 is 7.49. The second-order valence-corrected chi connectivity index (χ2v) is 4.49. The molecular weight excluding hydrogens is 202 g/mol. The summed E-state index contributed by atoms with van der Waals surface area (Å²) in [6.45, 7) is 3.06. The lowest BCUT2D eigenvalue weighted by molar-refractivity contribution is 0.0497. The largest absolute Gasteiger partial charge is 0.379 e. The van der Waals surface area contributed by atoms with Gasteiger partial charge in [0.2, 0.25) is 0 Å². The zero-order valence-corrected chi connectivity index (χ0v) is 10.3. The molecule has 0 radical (unpaired) electrons. The Morgan fingerprint density at radius 3 is 2.81 bits per heavy atom. The predicted molar refractivity (Wildman–Crippen MR) is 63.1 cm³/mol. The van der Waals surface area contributed by atoms with Crippen molar-refractivity contribution in [1.82, 2.24) is 15.1 Å². The third-order valence-electron chi connectivity index (χ3n) is 3.16. The molecule has 1 N–H and O–H groups in total. The van der Waals surface area contributed by atoms with Crippen LogP contribution >= 0.6 is 0 Å². The summed E-state index contributed by atoms with van der Waals surface area (Å²) >= 11 is 0. The molecule has 0 aliphatic heterocycles. The number of nitrogens with one attached hydrogen (secondary N) is 1. The summed E-state index contributed by atoms with van der Waals surface area (Å²) in [4.78, 5) is 0. The molecule has 16 heavy (non-hydrogen) atoms. The van der Waals surface area contributed by atoms with Crippen molar-refractivity contribution >= 4 is 0 Å². The van der Waals surface area contributed by atoms with Gasteiger partial charge in [-0.3, -0.25) is 4.68 Å². The molecule has 0 aromatic carbocycles. The molecule has 4 nitrogen and oxygen atoms in total. The first-order valence-electron chi connectivity index (χ1n) is 6.02. The van der Waals surface area contributed by atoms with E-state index < -0.39 is 0 Å². The summed E-state index contributed by atoms with van der Waals surface area (Å²) in [6, 6.07) is 2.30. The molecular formula is C12H21N3O. The maximum atomic E-state index is 5.64. The molecule has 1 aromatic heterocycles. The Balaban J connectivity index is 2.14. The van der Waals surface area contributed by atoms with Gasteiger partial charge in [-0.25, -0.2) is 0 Å². The van der Waals surface area contributed by atoms with Crippen molar-refractivity contribution in [2.24, 2.45) is 13.0 Å². The highest BCUT2D eigenvalue weighted by Crippen LogP contribution is 2.39. The molecule has 1 fully saturated rings. The van der Waals surface area contributed by atoms with Crippen LogP contribution in [0.15, 0.2) is 12.3 Å². The Kier molecular flexibility index (Phi) is 3.61. The Hall–Kier alpha value is -0.870. The molecule has 2 rings (SSSR count). The van der Waals surface area contributed by atoms with E-state index in [1.165, 1.54) is 12.8 Å². The van der Waals surface area contributed by atoms with Gasteiger partial charge in [0.1, 0.15) is 0 Å². The van der Waals surface area contributed by atoms with E-state index in [1.54, 1.807) is 7.11 Å². The van der Waals surface area contributed by atoms with Gasteiger partial charge in [-0.05, 0) is 31.4 Å². The number of aromatic nitrogens is 2. The molecule has 1 saturated carbocycles. The normalized spacial score (nSPS) is 19.7. The molecule has 1 aliphatic carbocycles. The summed E-state index contributed by atoms with van der Waals surface area (Å²) in [6.07, 6.45) is 4.81. The standard InChI is InChI=1S/C12H21N3O/c1-4-13-11(10-7-8-15(2)14-10)12(16-3)9-5-6-9/h7-9,11-13H,4-6H2,1-3H3. The molecule has 1 heterocycles. The lowest BCUT2D eigenvalue weighted by Gasteiger charge is -2.25. The van der Waals surface area contributed by atoms with Crippen LogP contribution in [-0.2, 0) is 11.8 Å². The number of aryl methyl sites for hydroxylation is 1. The smallest absolute Gasteiger partial charge is 0.0820 e. The van der Waals surface area contributed by atoms with Crippen molar-refractivity contribution in [2.75, 3.05) is 13.7 Å². The summed E-state index contributed by atoms with van der Waals surface area (Å²) in [7, 11) is 3.75. The molecule has 90 valence electrons. The van der Waals surface area contributed by atoms with Crippen LogP contribution in [-0.4, -0.2) is 29.5 Å². The van der Waals surface area contributed by atoms with Crippen LogP contribution in [0.25, 0.3) is 0 Å². The number of methoxy groups -OCH3 is 1. The van der Waals surface area contributed by atoms with Gasteiger partial charge in [-0.15, -0.1) is 0 Å². The molecule has 4 heteroatoms. The molecule has 1 aliphatic rings. The molecule has 1 aromatic rings. The Labute approximate surface area is 97.0 Å². The average molecular weight is 223 g/mol. The van der Waals surface area contributed by atoms with Crippen molar-refractivity contribution in [2.45, 2.75) is 31.9 Å². The van der Waals surface area contributed by atoms with Gasteiger partial charge in [0, 0.05) is 20.4 Å². The van der Waals surface area contributed by atoms with Crippen molar-refractivity contribution in [3.8, 4) is 0 Å². The predicted octanol–water partition coefficient (Wildman–Crippen LogP) is 1.50. The SMILES string of the molecule is CCNC(c1ccn(C)n1)C(OC)C1CC1. The molecule has 0 saturated heterocycles. The maximum Gasteiger partial charge on any atom is 0.0820 e. The molecule has 0 amide bonds. The number of ether oxygens (including phenoxy) is 1. The number of hydrogen-bond donors (Lipinski definition) is 1. The van der Waals surface area contributed by atoms with Gasteiger partial charge in [0.05, 0.1) is 17.8 Å². The first kappa shape index (κ1) is 11.6. The van der Waals surface area contributed by atoms with Crippen LogP contribution in [0.2, 0.25) is 0 Å². The Bertz CT molecular complexity index is 333. The lowest BCUT2D eigenvalue weighted by Crippen LogP contribution is -2.35. The number of rotatable bonds is 6. The van der Waals surface area contributed by atoms with E-state index in [9.17, 15) is 0 Å². The topological polar surface area (TPSA) is 39.1 Å². The van der Waals surface area contributed by atoms with Crippen molar-refractivity contribution < 1.29 is 4.74 Å². The van der Waals surface area contributed by atoms with Crippen LogP contribution in [0.3, 0.4) is 0 Å². The first-order valence-corrected chi connectivity index (χ1v) is 6.02. The summed E-state index contributed by atoms with van der Waals surface area (Å²) in [5.41, 5.74) is 1.09. The minimum Gasteiger partial charge on any atom is -0.379 e. The second kappa shape index (κ2) is 4.97. The zero-order chi connectivity index (χ0) is 11.5. The quantitative estimate of drug-likeness (QED) is 0.794. The van der Waals surface area contributed by atoms with Gasteiger partial charge >= 0.3 is 0 Å². The zero-order valence-electron chi connectivity index (χ0n) is 10.3. The van der Waals surface area contributed by atoms with Crippen LogP contribution in [0.1, 0.15) is 31.5 Å². The number of nitrogens with zero attached hydrogens (tertiary/aromatic N) is 2. The molecule has 0 bridgehead atoms. The molecule has 0 spiro atoms. The summed E-state index contributed by atoms with van der Waals surface area (Å²) in [5, 5.41) is 7.97. The highest BCUT2D eigenvalue weighted by molar-refractivity contribution is 5.10. The maximum absolute atomic E-state index is 5.64. The Morgan fingerprint density at radius 2 is 2.38 bits per heavy atom. The third-order valence-corrected chi connectivity index (χ3v) is 3.16. The fourth-order valence-electron chi connectivity index (χ4n) is 2.23. The monoisotopic (exact) mass is 223 g/mol. The highest BCUT2D eigenvalue weighted by atomic mass is 16.5. The van der Waals surface area contributed by atoms with E-state index in [0.717, 1.165) is 12.2 Å². The number of hydrogen-bond acceptors (Lipinski definition) is 3. The average Bonchev–Trinajstić information content (AvgIpc) is 3.01. The van der Waals surface area contributed by atoms with E-state index in [1.807, 2.05) is 17.9 Å². The van der Waals surface area contributed by atoms with Gasteiger partial charge in [0.15, 0.2) is 0 Å². The van der Waals surface area contributed by atoms with E-state index in [4.69, 9.17) is 4.74 Å². The van der Waals surface area contributed by atoms with E-state index in [0.29, 0.717) is 5.92 Å². The minimum atomic E-state index is 0.226. The minimum absolute atomic E-state index is 0.226. The lowest BCUT2D eigenvalue weighted by atomic mass is 10.0. The Morgan fingerprint density at radius 1 is 1.62 bits per heavy atom. The van der Waals surface area contributed by atoms with E-state index in [-0.39, 0.29) is 12.1 Å². The van der Waals surface area contributed by atoms with Gasteiger partial charge in [-0.2, -0.15) is 5.10 Å². The van der Waals surface area contributed by atoms with Crippen molar-refractivity contribution in [1.29, 1.82) is 0 Å². The molecule has 2 unspecified atom stereocenters. The first-order chi connectivity index (χ1) is 7.76. The van der Waals surface area contributed by atoms with Gasteiger partial charge < -0.3 is 10.1 Å². The third kappa shape index (κ3) is 2.44. The highest BCUT2D eigenvalue weighted by Gasteiger charge is 2.38. The second-order valence-electron chi connectivity index (χ2n) is 4.49. The van der Waals surface area contributed by atoms with Gasteiger partial charge in [0.25, 0.3) is 0 Å². The fraction of sp³-hybridized carbons (Fsp3) is 0.750. The van der Waals surface area contributed by atoms with Crippen molar-refractivity contribution in [3.05, 3.63) is 18.0 Å². The summed E-state index contributed by atoms with van der Waals surface area (Å²) in [5.74, 6) is 0.705. The molecule has 2 atom stereocenters. The fourth-order valence-corrected chi connectivity index (χ4v) is 2.23. The van der Waals surface area contributed by atoms with Crippen LogP contribution < -0.4 is 5.32 Å². The van der Waals surface area contributed by atoms with Crippen LogP contribution in [0.4, 0.5) is 0 Å². The van der Waals surface area contributed by atoms with Gasteiger partial charge in [-0.1, -0.05) is 6.92 Å². The van der Waals surface area contributed by atoms with Crippen molar-refractivity contribution in [3.63, 3.8) is 0 Å². The van der Waals surface area contributed by atoms with E-state index in [2.05, 4.69) is 23.4 Å².